The fourth-order valence-electron chi connectivity index (χ4n) is 1.37. The van der Waals surface area contributed by atoms with Crippen molar-refractivity contribution in [3.05, 3.63) is 0 Å². The maximum absolute atomic E-state index is 11.7. The minimum Gasteiger partial charge on any atom is -0.318 e. The highest BCUT2D eigenvalue weighted by molar-refractivity contribution is 7.99. The zero-order valence-corrected chi connectivity index (χ0v) is 10.2. The number of nitrogens with one attached hydrogen (secondary N) is 2. The first-order chi connectivity index (χ1) is 6.56. The number of hydrogen-bond donors (Lipinski definition) is 2. The standard InChI is InChI=1S/C8H18N2O2S2/c1-7(5-9-2)14(11,12)10-8-3-4-13-6-8/h7-10H,3-6H2,1-2H3. The number of sulfonamides is 1. The van der Waals surface area contributed by atoms with Gasteiger partial charge in [-0.3, -0.25) is 0 Å². The van der Waals surface area contributed by atoms with Gasteiger partial charge in [-0.15, -0.1) is 0 Å². The molecule has 1 aliphatic rings. The molecule has 1 aliphatic heterocycles. The molecule has 14 heavy (non-hydrogen) atoms. The molecule has 0 aromatic heterocycles. The SMILES string of the molecule is CNCC(C)S(=O)(=O)NC1CCSC1. The van der Waals surface area contributed by atoms with E-state index in [0.29, 0.717) is 6.54 Å². The van der Waals surface area contributed by atoms with Gasteiger partial charge in [-0.05, 0) is 26.1 Å². The van der Waals surface area contributed by atoms with Crippen LogP contribution in [0.1, 0.15) is 13.3 Å². The van der Waals surface area contributed by atoms with Crippen LogP contribution in [-0.2, 0) is 10.0 Å². The third-order valence-electron chi connectivity index (χ3n) is 2.28. The van der Waals surface area contributed by atoms with E-state index >= 15 is 0 Å². The molecule has 2 atom stereocenters. The molecule has 6 heteroatoms. The van der Waals surface area contributed by atoms with Crippen LogP contribution >= 0.6 is 11.8 Å². The molecule has 1 heterocycles. The monoisotopic (exact) mass is 238 g/mol. The van der Waals surface area contributed by atoms with Crippen molar-refractivity contribution in [3.8, 4) is 0 Å². The lowest BCUT2D eigenvalue weighted by Crippen LogP contribution is -2.43. The van der Waals surface area contributed by atoms with Gasteiger partial charge in [0.25, 0.3) is 0 Å². The quantitative estimate of drug-likeness (QED) is 0.709. The maximum Gasteiger partial charge on any atom is 0.215 e. The van der Waals surface area contributed by atoms with Crippen molar-refractivity contribution in [2.24, 2.45) is 0 Å². The number of thioether (sulfide) groups is 1. The first kappa shape index (κ1) is 12.3. The first-order valence-corrected chi connectivity index (χ1v) is 7.50. The lowest BCUT2D eigenvalue weighted by atomic mass is 10.3. The van der Waals surface area contributed by atoms with Crippen LogP contribution in [0.15, 0.2) is 0 Å². The van der Waals surface area contributed by atoms with Gasteiger partial charge in [0.05, 0.1) is 5.25 Å². The predicted molar refractivity (Wildman–Crippen MR) is 61.2 cm³/mol. The summed E-state index contributed by atoms with van der Waals surface area (Å²) in [5, 5.41) is 2.51. The Balaban J connectivity index is 2.47. The van der Waals surface area contributed by atoms with E-state index in [1.807, 2.05) is 0 Å². The van der Waals surface area contributed by atoms with Gasteiger partial charge in [0, 0.05) is 18.3 Å². The Kier molecular flexibility index (Phi) is 4.69. The van der Waals surface area contributed by atoms with E-state index < -0.39 is 10.0 Å². The lowest BCUT2D eigenvalue weighted by molar-refractivity contribution is 0.547. The average Bonchev–Trinajstić information content (AvgIpc) is 2.56. The smallest absolute Gasteiger partial charge is 0.215 e. The van der Waals surface area contributed by atoms with Crippen LogP contribution in [0.25, 0.3) is 0 Å². The second-order valence-electron chi connectivity index (χ2n) is 3.59. The Morgan fingerprint density at radius 1 is 1.57 bits per heavy atom. The average molecular weight is 238 g/mol. The Bertz CT molecular complexity index is 261. The zero-order chi connectivity index (χ0) is 10.6. The van der Waals surface area contributed by atoms with Crippen molar-refractivity contribution >= 4 is 21.8 Å². The molecule has 0 aliphatic carbocycles. The number of hydrogen-bond acceptors (Lipinski definition) is 4. The van der Waals surface area contributed by atoms with Crippen LogP contribution in [-0.4, -0.2) is 44.8 Å². The van der Waals surface area contributed by atoms with Gasteiger partial charge in [0.15, 0.2) is 0 Å². The summed E-state index contributed by atoms with van der Waals surface area (Å²) in [6.07, 6.45) is 0.955. The molecule has 0 aromatic rings. The van der Waals surface area contributed by atoms with E-state index in [-0.39, 0.29) is 11.3 Å². The Hall–Kier alpha value is 0.220. The van der Waals surface area contributed by atoms with Crippen molar-refractivity contribution in [1.82, 2.24) is 10.0 Å². The Morgan fingerprint density at radius 3 is 2.79 bits per heavy atom. The molecule has 2 unspecified atom stereocenters. The summed E-state index contributed by atoms with van der Waals surface area (Å²) in [7, 11) is -1.37. The minimum absolute atomic E-state index is 0.143. The van der Waals surface area contributed by atoms with Crippen LogP contribution in [0.4, 0.5) is 0 Å². The molecule has 0 amide bonds. The third kappa shape index (κ3) is 3.42. The highest BCUT2D eigenvalue weighted by Crippen LogP contribution is 2.18. The van der Waals surface area contributed by atoms with E-state index in [1.54, 1.807) is 25.7 Å². The molecule has 0 aromatic carbocycles. The summed E-state index contributed by atoms with van der Waals surface area (Å²) in [6, 6.07) is 0.143. The van der Waals surface area contributed by atoms with Gasteiger partial charge in [0.2, 0.25) is 10.0 Å². The van der Waals surface area contributed by atoms with Crippen LogP contribution in [0.2, 0.25) is 0 Å². The minimum atomic E-state index is -3.13. The van der Waals surface area contributed by atoms with Gasteiger partial charge in [-0.25, -0.2) is 13.1 Å². The molecule has 0 saturated carbocycles. The first-order valence-electron chi connectivity index (χ1n) is 4.79. The van der Waals surface area contributed by atoms with Crippen molar-refractivity contribution in [3.63, 3.8) is 0 Å². The molecule has 1 saturated heterocycles. The Morgan fingerprint density at radius 2 is 2.29 bits per heavy atom. The van der Waals surface area contributed by atoms with E-state index in [1.165, 1.54) is 0 Å². The van der Waals surface area contributed by atoms with Gasteiger partial charge in [-0.2, -0.15) is 11.8 Å². The molecule has 0 radical (unpaired) electrons. The van der Waals surface area contributed by atoms with E-state index in [0.717, 1.165) is 17.9 Å². The molecule has 1 rings (SSSR count). The summed E-state index contributed by atoms with van der Waals surface area (Å²) >= 11 is 1.81. The molecule has 84 valence electrons. The van der Waals surface area contributed by atoms with E-state index in [4.69, 9.17) is 0 Å². The summed E-state index contributed by atoms with van der Waals surface area (Å²) in [5.74, 6) is 1.97. The Labute approximate surface area is 90.3 Å². The van der Waals surface area contributed by atoms with Crippen molar-refractivity contribution < 1.29 is 8.42 Å². The molecular weight excluding hydrogens is 220 g/mol. The van der Waals surface area contributed by atoms with Gasteiger partial charge in [0.1, 0.15) is 0 Å². The lowest BCUT2D eigenvalue weighted by Gasteiger charge is -2.16. The second kappa shape index (κ2) is 5.34. The second-order valence-corrected chi connectivity index (χ2v) is 6.87. The summed E-state index contributed by atoms with van der Waals surface area (Å²) in [6.45, 7) is 2.22. The van der Waals surface area contributed by atoms with Crippen LogP contribution in [0.5, 0.6) is 0 Å². The molecule has 2 N–H and O–H groups in total. The highest BCUT2D eigenvalue weighted by atomic mass is 32.2. The largest absolute Gasteiger partial charge is 0.318 e. The molecule has 0 spiro atoms. The fraction of sp³-hybridized carbons (Fsp3) is 1.00. The molecular formula is C8H18N2O2S2. The fourth-order valence-corrected chi connectivity index (χ4v) is 3.92. The maximum atomic E-state index is 11.7. The predicted octanol–water partition coefficient (Wildman–Crippen LogP) is 0.0192. The molecule has 4 nitrogen and oxygen atoms in total. The van der Waals surface area contributed by atoms with E-state index in [2.05, 4.69) is 10.0 Å². The van der Waals surface area contributed by atoms with Crippen molar-refractivity contribution in [2.75, 3.05) is 25.1 Å². The highest BCUT2D eigenvalue weighted by Gasteiger charge is 2.25. The summed E-state index contributed by atoms with van der Waals surface area (Å²) in [5.41, 5.74) is 0. The summed E-state index contributed by atoms with van der Waals surface area (Å²) < 4.78 is 26.2. The molecule has 1 fully saturated rings. The van der Waals surface area contributed by atoms with Crippen molar-refractivity contribution in [1.29, 1.82) is 0 Å². The van der Waals surface area contributed by atoms with E-state index in [9.17, 15) is 8.42 Å². The van der Waals surface area contributed by atoms with Gasteiger partial charge in [-0.1, -0.05) is 0 Å². The van der Waals surface area contributed by atoms with Gasteiger partial charge < -0.3 is 5.32 Å². The van der Waals surface area contributed by atoms with Crippen LogP contribution < -0.4 is 10.0 Å². The van der Waals surface area contributed by atoms with Gasteiger partial charge >= 0.3 is 0 Å². The molecule has 0 bridgehead atoms. The van der Waals surface area contributed by atoms with Crippen molar-refractivity contribution in [2.45, 2.75) is 24.6 Å². The van der Waals surface area contributed by atoms with Crippen LogP contribution in [0, 0.1) is 0 Å². The zero-order valence-electron chi connectivity index (χ0n) is 8.62. The number of rotatable bonds is 5. The summed E-state index contributed by atoms with van der Waals surface area (Å²) in [4.78, 5) is 0. The normalized spacial score (nSPS) is 25.1. The third-order valence-corrected chi connectivity index (χ3v) is 5.33. The van der Waals surface area contributed by atoms with Crippen LogP contribution in [0.3, 0.4) is 0 Å². The topological polar surface area (TPSA) is 58.2 Å².